The van der Waals surface area contributed by atoms with Crippen LogP contribution in [0.25, 0.3) is 11.0 Å². The number of nitrogen functional groups attached to an aromatic ring is 5. The summed E-state index contributed by atoms with van der Waals surface area (Å²) in [5.41, 5.74) is 29.2. The average Bonchev–Trinajstić information content (AvgIpc) is 3.21. The number of rotatable bonds is 1. The van der Waals surface area contributed by atoms with E-state index in [1.54, 1.807) is 0 Å². The van der Waals surface area contributed by atoms with Crippen molar-refractivity contribution >= 4 is 39.4 Å². The van der Waals surface area contributed by atoms with Gasteiger partial charge < -0.3 is 33.1 Å². The van der Waals surface area contributed by atoms with Gasteiger partial charge in [-0.1, -0.05) is 0 Å². The number of nitrogens with two attached hydrogens (primary N) is 5. The molecule has 2 aromatic rings. The fourth-order valence-electron chi connectivity index (χ4n) is 2.20. The predicted molar refractivity (Wildman–Crippen MR) is 76.5 cm³/mol. The van der Waals surface area contributed by atoms with Gasteiger partial charge in [0.05, 0.1) is 22.4 Å². The van der Waals surface area contributed by atoms with Crippen molar-refractivity contribution in [2.45, 2.75) is 18.8 Å². The Balaban J connectivity index is 2.52. The highest BCUT2D eigenvalue weighted by Gasteiger charge is 2.31. The number of anilines is 5. The van der Waals surface area contributed by atoms with E-state index in [1.165, 1.54) is 0 Å². The summed E-state index contributed by atoms with van der Waals surface area (Å²) in [7, 11) is 0. The van der Waals surface area contributed by atoms with Crippen LogP contribution < -0.4 is 34.1 Å². The van der Waals surface area contributed by atoms with Gasteiger partial charge in [-0.15, -0.1) is 0 Å². The third kappa shape index (κ3) is 1.41. The first-order valence-corrected chi connectivity index (χ1v) is 5.91. The average molecular weight is 261 g/mol. The van der Waals surface area contributed by atoms with Gasteiger partial charge in [0.15, 0.2) is 5.58 Å². The van der Waals surface area contributed by atoms with Crippen LogP contribution in [0.1, 0.15) is 24.5 Å². The van der Waals surface area contributed by atoms with Crippen LogP contribution in [0.15, 0.2) is 9.21 Å². The SMILES string of the molecule is Nc1c(N)c(N)c2c(=O)c(N)c(C3CC3)oc2c1N. The minimum Gasteiger partial charge on any atom is -0.456 e. The molecule has 1 aromatic carbocycles. The summed E-state index contributed by atoms with van der Waals surface area (Å²) in [4.78, 5) is 12.3. The minimum absolute atomic E-state index is 0.0597. The maximum absolute atomic E-state index is 12.3. The van der Waals surface area contributed by atoms with Crippen molar-refractivity contribution in [1.29, 1.82) is 0 Å². The number of fused-ring (bicyclic) bond motifs is 1. The molecule has 7 heteroatoms. The van der Waals surface area contributed by atoms with Gasteiger partial charge in [0, 0.05) is 5.92 Å². The molecule has 0 radical (unpaired) electrons. The van der Waals surface area contributed by atoms with Crippen molar-refractivity contribution in [3.8, 4) is 0 Å². The van der Waals surface area contributed by atoms with E-state index < -0.39 is 5.43 Å². The van der Waals surface area contributed by atoms with Gasteiger partial charge in [0.25, 0.3) is 0 Å². The lowest BCUT2D eigenvalue weighted by atomic mass is 10.1. The van der Waals surface area contributed by atoms with Crippen LogP contribution in [0.4, 0.5) is 28.4 Å². The molecule has 1 aromatic heterocycles. The molecule has 0 aliphatic heterocycles. The van der Waals surface area contributed by atoms with Gasteiger partial charge >= 0.3 is 0 Å². The Morgan fingerprint density at radius 1 is 0.842 bits per heavy atom. The molecule has 0 spiro atoms. The van der Waals surface area contributed by atoms with E-state index in [0.29, 0.717) is 5.76 Å². The first kappa shape index (κ1) is 11.5. The van der Waals surface area contributed by atoms with Crippen LogP contribution in [0, 0.1) is 0 Å². The van der Waals surface area contributed by atoms with E-state index in [9.17, 15) is 4.79 Å². The van der Waals surface area contributed by atoms with Gasteiger partial charge in [-0.2, -0.15) is 0 Å². The highest BCUT2D eigenvalue weighted by Crippen LogP contribution is 2.45. The van der Waals surface area contributed by atoms with Crippen molar-refractivity contribution in [3.63, 3.8) is 0 Å². The van der Waals surface area contributed by atoms with E-state index in [-0.39, 0.29) is 45.3 Å². The van der Waals surface area contributed by atoms with E-state index in [1.807, 2.05) is 0 Å². The topological polar surface area (TPSA) is 160 Å². The lowest BCUT2D eigenvalue weighted by Crippen LogP contribution is -2.15. The zero-order chi connectivity index (χ0) is 13.9. The maximum atomic E-state index is 12.3. The molecule has 7 nitrogen and oxygen atoms in total. The van der Waals surface area contributed by atoms with Crippen molar-refractivity contribution in [1.82, 2.24) is 0 Å². The normalized spacial score (nSPS) is 14.9. The summed E-state index contributed by atoms with van der Waals surface area (Å²) in [6, 6.07) is 0. The monoisotopic (exact) mass is 261 g/mol. The van der Waals surface area contributed by atoms with Crippen LogP contribution in [0.2, 0.25) is 0 Å². The molecule has 0 bridgehead atoms. The maximum Gasteiger partial charge on any atom is 0.218 e. The summed E-state index contributed by atoms with van der Waals surface area (Å²) in [5.74, 6) is 0.643. The van der Waals surface area contributed by atoms with Crippen LogP contribution in [0.5, 0.6) is 0 Å². The van der Waals surface area contributed by atoms with Gasteiger partial charge in [0.2, 0.25) is 5.43 Å². The zero-order valence-electron chi connectivity index (χ0n) is 10.2. The fourth-order valence-corrected chi connectivity index (χ4v) is 2.20. The summed E-state index contributed by atoms with van der Waals surface area (Å²) in [6.45, 7) is 0. The van der Waals surface area contributed by atoms with Crippen LogP contribution in [0.3, 0.4) is 0 Å². The number of hydrogen-bond donors (Lipinski definition) is 5. The van der Waals surface area contributed by atoms with Crippen LogP contribution in [-0.4, -0.2) is 0 Å². The Bertz CT molecular complexity index is 761. The molecule has 1 fully saturated rings. The highest BCUT2D eigenvalue weighted by atomic mass is 16.3. The Hall–Kier alpha value is -2.57. The third-order valence-electron chi connectivity index (χ3n) is 3.51. The van der Waals surface area contributed by atoms with Crippen molar-refractivity contribution in [2.24, 2.45) is 0 Å². The highest BCUT2D eigenvalue weighted by molar-refractivity contribution is 6.09. The fraction of sp³-hybridized carbons (Fsp3) is 0.250. The quantitative estimate of drug-likeness (QED) is 0.469. The van der Waals surface area contributed by atoms with E-state index in [4.69, 9.17) is 33.1 Å². The van der Waals surface area contributed by atoms with E-state index in [0.717, 1.165) is 12.8 Å². The molecule has 0 amide bonds. The number of benzene rings is 1. The molecule has 1 saturated carbocycles. The molecule has 0 saturated heterocycles. The largest absolute Gasteiger partial charge is 0.456 e. The Morgan fingerprint density at radius 2 is 1.42 bits per heavy atom. The Labute approximate surface area is 108 Å². The lowest BCUT2D eigenvalue weighted by Gasteiger charge is -2.13. The van der Waals surface area contributed by atoms with Gasteiger partial charge in [0.1, 0.15) is 17.1 Å². The molecule has 3 rings (SSSR count). The third-order valence-corrected chi connectivity index (χ3v) is 3.51. The smallest absolute Gasteiger partial charge is 0.218 e. The molecular formula is C12H15N5O2. The molecule has 1 heterocycles. The molecular weight excluding hydrogens is 246 g/mol. The standard InChI is InChI=1S/C12H15N5O2/c13-5-4-10(18)9(17)11(3-1-2-3)19-12(4)8(16)7(15)6(5)14/h3H,1-2,13-17H2. The van der Waals surface area contributed by atoms with Gasteiger partial charge in [-0.3, -0.25) is 4.79 Å². The van der Waals surface area contributed by atoms with E-state index in [2.05, 4.69) is 0 Å². The number of hydrogen-bond acceptors (Lipinski definition) is 7. The van der Waals surface area contributed by atoms with Crippen LogP contribution in [-0.2, 0) is 0 Å². The Kier molecular flexibility index (Phi) is 2.10. The predicted octanol–water partition coefficient (Wildman–Crippen LogP) is 0.581. The summed E-state index contributed by atoms with van der Waals surface area (Å²) < 4.78 is 5.68. The second-order valence-electron chi connectivity index (χ2n) is 4.84. The second kappa shape index (κ2) is 3.47. The van der Waals surface area contributed by atoms with Gasteiger partial charge in [-0.05, 0) is 12.8 Å². The summed E-state index contributed by atoms with van der Waals surface area (Å²) >= 11 is 0. The Morgan fingerprint density at radius 3 is 2.00 bits per heavy atom. The molecule has 0 unspecified atom stereocenters. The summed E-state index contributed by atoms with van der Waals surface area (Å²) in [6.07, 6.45) is 1.89. The van der Waals surface area contributed by atoms with Gasteiger partial charge in [-0.25, -0.2) is 0 Å². The molecule has 10 N–H and O–H groups in total. The van der Waals surface area contributed by atoms with Crippen molar-refractivity contribution in [2.75, 3.05) is 28.7 Å². The lowest BCUT2D eigenvalue weighted by molar-refractivity contribution is 0.544. The molecule has 0 atom stereocenters. The zero-order valence-corrected chi connectivity index (χ0v) is 10.2. The van der Waals surface area contributed by atoms with Crippen molar-refractivity contribution < 1.29 is 4.42 Å². The van der Waals surface area contributed by atoms with Crippen LogP contribution >= 0.6 is 0 Å². The first-order valence-electron chi connectivity index (χ1n) is 5.91. The molecule has 1 aliphatic rings. The minimum atomic E-state index is -0.404. The molecule has 100 valence electrons. The first-order chi connectivity index (χ1) is 8.93. The second-order valence-corrected chi connectivity index (χ2v) is 4.84. The summed E-state index contributed by atoms with van der Waals surface area (Å²) in [5, 5.41) is 0.103. The molecule has 19 heavy (non-hydrogen) atoms. The molecule has 1 aliphatic carbocycles. The van der Waals surface area contributed by atoms with E-state index >= 15 is 0 Å². The van der Waals surface area contributed by atoms with Crippen molar-refractivity contribution in [3.05, 3.63) is 16.0 Å².